The zero-order valence-corrected chi connectivity index (χ0v) is 8.48. The first-order valence-electron chi connectivity index (χ1n) is 5.03. The summed E-state index contributed by atoms with van der Waals surface area (Å²) in [6, 6.07) is 9.13. The van der Waals surface area contributed by atoms with E-state index < -0.39 is 0 Å². The molecule has 2 rings (SSSR count). The van der Waals surface area contributed by atoms with Gasteiger partial charge < -0.3 is 0 Å². The lowest BCUT2D eigenvalue weighted by atomic mass is 9.84. The smallest absolute Gasteiger partial charge is 0.0487 e. The third-order valence-electron chi connectivity index (χ3n) is 2.87. The van der Waals surface area contributed by atoms with E-state index in [0.29, 0.717) is 0 Å². The van der Waals surface area contributed by atoms with Gasteiger partial charge in [-0.25, -0.2) is 0 Å². The average molecular weight is 194 g/mol. The molecular formula is C12H14Cl. The van der Waals surface area contributed by atoms with Gasteiger partial charge in [0.15, 0.2) is 0 Å². The van der Waals surface area contributed by atoms with Crippen LogP contribution in [0.5, 0.6) is 0 Å². The number of benzene rings is 1. The lowest BCUT2D eigenvalue weighted by Gasteiger charge is -2.21. The van der Waals surface area contributed by atoms with E-state index in [-0.39, 0.29) is 0 Å². The van der Waals surface area contributed by atoms with Crippen LogP contribution in [0, 0.1) is 6.07 Å². The third kappa shape index (κ3) is 2.25. The largest absolute Gasteiger partial charge is 0.0837 e. The van der Waals surface area contributed by atoms with Crippen LogP contribution < -0.4 is 0 Å². The Bertz CT molecular complexity index is 274. The quantitative estimate of drug-likeness (QED) is 0.628. The van der Waals surface area contributed by atoms with Crippen LogP contribution in [0.2, 0.25) is 5.02 Å². The zero-order chi connectivity index (χ0) is 9.10. The minimum absolute atomic E-state index is 0.751. The van der Waals surface area contributed by atoms with E-state index in [1.165, 1.54) is 37.7 Å². The summed E-state index contributed by atoms with van der Waals surface area (Å²) < 4.78 is 0. The van der Waals surface area contributed by atoms with E-state index in [1.807, 2.05) is 6.07 Å². The van der Waals surface area contributed by atoms with Gasteiger partial charge >= 0.3 is 0 Å². The minimum Gasteiger partial charge on any atom is -0.0837 e. The molecule has 0 bridgehead atoms. The summed E-state index contributed by atoms with van der Waals surface area (Å²) in [4.78, 5) is 0. The predicted octanol–water partition coefficient (Wildman–Crippen LogP) is 4.19. The van der Waals surface area contributed by atoms with Gasteiger partial charge in [0.1, 0.15) is 0 Å². The van der Waals surface area contributed by atoms with Crippen molar-refractivity contribution in [1.29, 1.82) is 0 Å². The fourth-order valence-electron chi connectivity index (χ4n) is 2.14. The molecular weight excluding hydrogens is 180 g/mol. The van der Waals surface area contributed by atoms with Gasteiger partial charge in [0, 0.05) is 11.1 Å². The molecule has 0 unspecified atom stereocenters. The van der Waals surface area contributed by atoms with Crippen LogP contribution in [0.3, 0.4) is 0 Å². The molecule has 0 spiro atoms. The van der Waals surface area contributed by atoms with E-state index in [0.717, 1.165) is 10.9 Å². The van der Waals surface area contributed by atoms with Crippen molar-refractivity contribution in [3.05, 3.63) is 34.9 Å². The van der Waals surface area contributed by atoms with Gasteiger partial charge in [-0.05, 0) is 30.4 Å². The molecule has 1 radical (unpaired) electrons. The summed E-state index contributed by atoms with van der Waals surface area (Å²) >= 11 is 5.91. The normalized spacial score (nSPS) is 18.8. The van der Waals surface area contributed by atoms with E-state index in [9.17, 15) is 0 Å². The van der Waals surface area contributed by atoms with Crippen molar-refractivity contribution in [1.82, 2.24) is 0 Å². The molecule has 69 valence electrons. The van der Waals surface area contributed by atoms with Crippen molar-refractivity contribution >= 4 is 11.6 Å². The summed E-state index contributed by atoms with van der Waals surface area (Å²) in [5.74, 6) is 0.751. The predicted molar refractivity (Wildman–Crippen MR) is 56.1 cm³/mol. The lowest BCUT2D eigenvalue weighted by molar-refractivity contribution is 0.443. The highest BCUT2D eigenvalue weighted by atomic mass is 35.5. The zero-order valence-electron chi connectivity index (χ0n) is 7.72. The van der Waals surface area contributed by atoms with Crippen LogP contribution in [0.25, 0.3) is 0 Å². The van der Waals surface area contributed by atoms with Crippen molar-refractivity contribution in [2.75, 3.05) is 0 Å². The standard InChI is InChI=1S/C12H14Cl/c13-12-8-4-7-11(9-12)10-5-2-1-3-6-10/h4,7,9-10H,1-3,5-6H2. The van der Waals surface area contributed by atoms with Crippen LogP contribution in [0.1, 0.15) is 43.6 Å². The monoisotopic (exact) mass is 193 g/mol. The van der Waals surface area contributed by atoms with Crippen LogP contribution in [0.4, 0.5) is 0 Å². The van der Waals surface area contributed by atoms with Crippen LogP contribution in [-0.4, -0.2) is 0 Å². The van der Waals surface area contributed by atoms with Gasteiger partial charge in [-0.3, -0.25) is 0 Å². The molecule has 1 aliphatic rings. The second kappa shape index (κ2) is 4.15. The Hall–Kier alpha value is -0.490. The number of rotatable bonds is 1. The second-order valence-electron chi connectivity index (χ2n) is 3.80. The highest BCUT2D eigenvalue weighted by Gasteiger charge is 2.15. The molecule has 0 heterocycles. The lowest BCUT2D eigenvalue weighted by Crippen LogP contribution is -2.03. The molecule has 0 saturated heterocycles. The summed E-state index contributed by atoms with van der Waals surface area (Å²) in [6.45, 7) is 0. The molecule has 1 fully saturated rings. The summed E-state index contributed by atoms with van der Waals surface area (Å²) in [5, 5.41) is 0.753. The second-order valence-corrected chi connectivity index (χ2v) is 4.21. The molecule has 1 aromatic carbocycles. The Balaban J connectivity index is 2.14. The molecule has 0 amide bonds. The van der Waals surface area contributed by atoms with Crippen molar-refractivity contribution in [2.45, 2.75) is 38.0 Å². The maximum Gasteiger partial charge on any atom is 0.0487 e. The fraction of sp³-hybridized carbons (Fsp3) is 0.500. The van der Waals surface area contributed by atoms with Crippen molar-refractivity contribution in [2.24, 2.45) is 0 Å². The minimum atomic E-state index is 0.751. The first-order valence-corrected chi connectivity index (χ1v) is 5.41. The van der Waals surface area contributed by atoms with E-state index in [4.69, 9.17) is 11.6 Å². The Morgan fingerprint density at radius 2 is 2.00 bits per heavy atom. The molecule has 1 aliphatic carbocycles. The molecule has 0 nitrogen and oxygen atoms in total. The molecule has 1 aromatic rings. The Labute approximate surface area is 84.9 Å². The van der Waals surface area contributed by atoms with Crippen LogP contribution in [0.15, 0.2) is 18.2 Å². The van der Waals surface area contributed by atoms with Crippen LogP contribution in [-0.2, 0) is 0 Å². The Kier molecular flexibility index (Phi) is 2.90. The molecule has 1 heteroatoms. The van der Waals surface area contributed by atoms with Gasteiger partial charge in [0.05, 0.1) is 0 Å². The van der Waals surface area contributed by atoms with Crippen molar-refractivity contribution in [3.8, 4) is 0 Å². The van der Waals surface area contributed by atoms with Crippen molar-refractivity contribution in [3.63, 3.8) is 0 Å². The van der Waals surface area contributed by atoms with E-state index in [1.54, 1.807) is 0 Å². The van der Waals surface area contributed by atoms with Gasteiger partial charge in [0.25, 0.3) is 0 Å². The van der Waals surface area contributed by atoms with Crippen molar-refractivity contribution < 1.29 is 0 Å². The molecule has 0 aliphatic heterocycles. The fourth-order valence-corrected chi connectivity index (χ4v) is 2.33. The van der Waals surface area contributed by atoms with Gasteiger partial charge in [0.2, 0.25) is 0 Å². The third-order valence-corrected chi connectivity index (χ3v) is 3.09. The maximum atomic E-state index is 5.91. The van der Waals surface area contributed by atoms with Gasteiger partial charge in [-0.2, -0.15) is 0 Å². The molecule has 0 aromatic heterocycles. The highest BCUT2D eigenvalue weighted by molar-refractivity contribution is 6.30. The summed E-state index contributed by atoms with van der Waals surface area (Å²) in [7, 11) is 0. The molecule has 13 heavy (non-hydrogen) atoms. The van der Waals surface area contributed by atoms with Gasteiger partial charge in [-0.1, -0.05) is 43.0 Å². The van der Waals surface area contributed by atoms with E-state index >= 15 is 0 Å². The first kappa shape index (κ1) is 9.08. The SMILES string of the molecule is Clc1[c]ccc(C2CCCCC2)c1. The highest BCUT2D eigenvalue weighted by Crippen LogP contribution is 2.33. The average Bonchev–Trinajstić information content (AvgIpc) is 2.19. The molecule has 0 atom stereocenters. The molecule has 0 N–H and O–H groups in total. The maximum absolute atomic E-state index is 5.91. The van der Waals surface area contributed by atoms with Gasteiger partial charge in [-0.15, -0.1) is 0 Å². The summed E-state index contributed by atoms with van der Waals surface area (Å²) in [6.07, 6.45) is 6.83. The summed E-state index contributed by atoms with van der Waals surface area (Å²) in [5.41, 5.74) is 1.41. The topological polar surface area (TPSA) is 0 Å². The van der Waals surface area contributed by atoms with E-state index in [2.05, 4.69) is 18.2 Å². The van der Waals surface area contributed by atoms with Crippen LogP contribution >= 0.6 is 11.6 Å². The number of hydrogen-bond acceptors (Lipinski definition) is 0. The number of hydrogen-bond donors (Lipinski definition) is 0. The first-order chi connectivity index (χ1) is 6.36. The molecule has 1 saturated carbocycles. The number of halogens is 1. The Morgan fingerprint density at radius 3 is 2.69 bits per heavy atom. The Morgan fingerprint density at radius 1 is 1.23 bits per heavy atom.